The first-order chi connectivity index (χ1) is 19.8. The molecule has 13 heteroatoms. The number of H-pyrrole nitrogens is 1. The molecule has 0 bridgehead atoms. The number of fused-ring (bicyclic) bond motifs is 1. The second-order valence-corrected chi connectivity index (χ2v) is 10.4. The molecule has 4 rings (SSSR count). The van der Waals surface area contributed by atoms with Crippen molar-refractivity contribution >= 4 is 16.8 Å². The molecule has 0 saturated carbocycles. The van der Waals surface area contributed by atoms with Crippen molar-refractivity contribution in [3.8, 4) is 0 Å². The lowest BCUT2D eigenvalue weighted by Crippen LogP contribution is -2.56. The number of hydrogen-bond donors (Lipinski definition) is 2. The Labute approximate surface area is 239 Å². The number of rotatable bonds is 10. The van der Waals surface area contributed by atoms with E-state index in [1.807, 2.05) is 55.5 Å². The van der Waals surface area contributed by atoms with Crippen molar-refractivity contribution in [2.24, 2.45) is 0 Å². The minimum absolute atomic E-state index is 0.0305. The first-order valence-electron chi connectivity index (χ1n) is 13.4. The molecule has 1 fully saturated rings. The van der Waals surface area contributed by atoms with Gasteiger partial charge in [-0.1, -0.05) is 24.3 Å². The molecule has 7 nitrogen and oxygen atoms in total. The number of carbonyl (C=O) groups excluding carboxylic acids is 1. The number of aromatic amines is 1. The molecule has 0 unspecified atom stereocenters. The Hall–Kier alpha value is -3.55. The fourth-order valence-corrected chi connectivity index (χ4v) is 4.91. The van der Waals surface area contributed by atoms with E-state index in [0.29, 0.717) is 44.8 Å². The van der Waals surface area contributed by atoms with Crippen LogP contribution in [0.5, 0.6) is 0 Å². The number of benzene rings is 2. The first-order valence-corrected chi connectivity index (χ1v) is 13.4. The molecule has 2 aromatic carbocycles. The number of nitrogens with one attached hydrogen (secondary N) is 2. The van der Waals surface area contributed by atoms with E-state index < -0.39 is 41.0 Å². The molecule has 1 saturated heterocycles. The maximum Gasteiger partial charge on any atom is 0.416 e. The number of aromatic nitrogens is 1. The van der Waals surface area contributed by atoms with Gasteiger partial charge in [-0.25, -0.2) is 0 Å². The van der Waals surface area contributed by atoms with E-state index in [-0.39, 0.29) is 12.6 Å². The summed E-state index contributed by atoms with van der Waals surface area (Å²) in [4.78, 5) is 27.5. The van der Waals surface area contributed by atoms with Gasteiger partial charge in [-0.3, -0.25) is 20.0 Å². The average molecular weight is 598 g/mol. The molecule has 0 aliphatic carbocycles. The van der Waals surface area contributed by atoms with Crippen LogP contribution in [0.1, 0.15) is 27.0 Å². The van der Waals surface area contributed by atoms with Gasteiger partial charge in [-0.15, -0.1) is 0 Å². The lowest BCUT2D eigenvalue weighted by Gasteiger charge is -2.41. The molecule has 1 atom stereocenters. The number of carbonyl (C=O) groups is 1. The number of para-hydroxylation sites is 1. The molecular formula is C29H33F6N5O2. The molecule has 1 aliphatic rings. The van der Waals surface area contributed by atoms with Crippen molar-refractivity contribution in [1.82, 2.24) is 25.2 Å². The minimum Gasteiger partial charge on any atom is -0.361 e. The van der Waals surface area contributed by atoms with Crippen LogP contribution < -0.4 is 5.48 Å². The third kappa shape index (κ3) is 8.05. The van der Waals surface area contributed by atoms with Crippen LogP contribution in [0.2, 0.25) is 0 Å². The maximum atomic E-state index is 13.6. The largest absolute Gasteiger partial charge is 0.416 e. The number of likely N-dealkylation sites (N-methyl/N-ethyl adjacent to an activating group) is 1. The molecule has 2 heterocycles. The molecule has 1 amide bonds. The van der Waals surface area contributed by atoms with E-state index in [1.54, 1.807) is 6.20 Å². The van der Waals surface area contributed by atoms with E-state index >= 15 is 0 Å². The maximum absolute atomic E-state index is 13.6. The zero-order valence-corrected chi connectivity index (χ0v) is 23.2. The van der Waals surface area contributed by atoms with E-state index in [2.05, 4.69) is 15.4 Å². The molecular weight excluding hydrogens is 564 g/mol. The third-order valence-corrected chi connectivity index (χ3v) is 7.07. The highest BCUT2D eigenvalue weighted by molar-refractivity contribution is 5.95. The first kappa shape index (κ1) is 31.4. The summed E-state index contributed by atoms with van der Waals surface area (Å²) < 4.78 is 81.0. The number of halogens is 6. The van der Waals surface area contributed by atoms with Crippen molar-refractivity contribution in [1.29, 1.82) is 0 Å². The van der Waals surface area contributed by atoms with Crippen LogP contribution in [0.4, 0.5) is 26.3 Å². The van der Waals surface area contributed by atoms with Crippen LogP contribution in [0, 0.1) is 0 Å². The Balaban J connectivity index is 1.56. The summed E-state index contributed by atoms with van der Waals surface area (Å²) in [6, 6.07) is 8.08. The van der Waals surface area contributed by atoms with Gasteiger partial charge in [-0.2, -0.15) is 26.3 Å². The second kappa shape index (κ2) is 13.2. The average Bonchev–Trinajstić information content (AvgIpc) is 3.33. The zero-order chi connectivity index (χ0) is 30.5. The minimum atomic E-state index is -5.05. The summed E-state index contributed by atoms with van der Waals surface area (Å²) in [6.45, 7) is 2.59. The Morgan fingerprint density at radius 2 is 1.76 bits per heavy atom. The summed E-state index contributed by atoms with van der Waals surface area (Å²) in [5.74, 6) is -0.873. The van der Waals surface area contributed by atoms with Crippen LogP contribution in [-0.4, -0.2) is 85.1 Å². The monoisotopic (exact) mass is 597 g/mol. The van der Waals surface area contributed by atoms with Gasteiger partial charge in [0, 0.05) is 67.6 Å². The summed E-state index contributed by atoms with van der Waals surface area (Å²) in [7, 11) is 3.86. The van der Waals surface area contributed by atoms with Gasteiger partial charge in [0.1, 0.15) is 0 Å². The smallest absolute Gasteiger partial charge is 0.361 e. The van der Waals surface area contributed by atoms with E-state index in [4.69, 9.17) is 4.84 Å². The van der Waals surface area contributed by atoms with Crippen molar-refractivity contribution in [2.75, 3.05) is 53.4 Å². The second-order valence-electron chi connectivity index (χ2n) is 10.4. The van der Waals surface area contributed by atoms with Gasteiger partial charge in [0.15, 0.2) is 0 Å². The predicted molar refractivity (Wildman–Crippen MR) is 146 cm³/mol. The number of hydroxylamine groups is 1. The predicted octanol–water partition coefficient (Wildman–Crippen LogP) is 5.17. The number of hydrogen-bond acceptors (Lipinski definition) is 5. The van der Waals surface area contributed by atoms with Crippen molar-refractivity contribution in [3.05, 3.63) is 83.2 Å². The van der Waals surface area contributed by atoms with Crippen molar-refractivity contribution < 1.29 is 36.0 Å². The fourth-order valence-electron chi connectivity index (χ4n) is 4.91. The van der Waals surface area contributed by atoms with Crippen LogP contribution in [0.15, 0.2) is 60.9 Å². The van der Waals surface area contributed by atoms with Gasteiger partial charge in [-0.05, 0) is 50.3 Å². The highest BCUT2D eigenvalue weighted by Gasteiger charge is 2.39. The quantitative estimate of drug-likeness (QED) is 0.192. The fraction of sp³-hybridized carbons (Fsp3) is 0.414. The SMILES string of the molecule is CN(C)CCONC=CCN1CCN(C(=O)c2cc(C(F)(F)F)cc(C(F)(F)F)c2)[C@H](Cc2c[nH]c3ccccc23)C1. The number of piperazine rings is 1. The molecule has 3 aromatic rings. The van der Waals surface area contributed by atoms with Gasteiger partial charge in [0.05, 0.1) is 17.7 Å². The molecule has 0 radical (unpaired) electrons. The Bertz CT molecular complexity index is 1350. The van der Waals surface area contributed by atoms with Crippen LogP contribution in [-0.2, 0) is 23.6 Å². The van der Waals surface area contributed by atoms with Crippen molar-refractivity contribution in [3.63, 3.8) is 0 Å². The Morgan fingerprint density at radius 1 is 1.07 bits per heavy atom. The molecule has 1 aliphatic heterocycles. The molecule has 2 N–H and O–H groups in total. The Kier molecular flexibility index (Phi) is 9.85. The van der Waals surface area contributed by atoms with Crippen LogP contribution in [0.25, 0.3) is 10.9 Å². The van der Waals surface area contributed by atoms with E-state index in [1.165, 1.54) is 4.90 Å². The lowest BCUT2D eigenvalue weighted by molar-refractivity contribution is -0.143. The van der Waals surface area contributed by atoms with Crippen LogP contribution >= 0.6 is 0 Å². The summed E-state index contributed by atoms with van der Waals surface area (Å²) in [5.41, 5.74) is 0.842. The van der Waals surface area contributed by atoms with E-state index in [9.17, 15) is 31.1 Å². The molecule has 42 heavy (non-hydrogen) atoms. The third-order valence-electron chi connectivity index (χ3n) is 7.07. The number of alkyl halides is 6. The van der Waals surface area contributed by atoms with Gasteiger partial charge < -0.3 is 14.8 Å². The van der Waals surface area contributed by atoms with Gasteiger partial charge in [0.25, 0.3) is 5.91 Å². The number of nitrogens with zero attached hydrogens (tertiary/aromatic N) is 3. The zero-order valence-electron chi connectivity index (χ0n) is 23.2. The van der Waals surface area contributed by atoms with Crippen LogP contribution in [0.3, 0.4) is 0 Å². The molecule has 0 spiro atoms. The Morgan fingerprint density at radius 3 is 2.43 bits per heavy atom. The number of amides is 1. The van der Waals surface area contributed by atoms with Gasteiger partial charge in [0.2, 0.25) is 0 Å². The van der Waals surface area contributed by atoms with Gasteiger partial charge >= 0.3 is 12.4 Å². The highest BCUT2D eigenvalue weighted by Crippen LogP contribution is 2.37. The summed E-state index contributed by atoms with van der Waals surface area (Å²) in [6.07, 6.45) is -4.43. The summed E-state index contributed by atoms with van der Waals surface area (Å²) >= 11 is 0. The standard InChI is InChI=1S/C29H33F6N5O2/c1-38(2)12-13-42-37-8-5-9-39-10-11-40(24(19-39)16-21-18-36-26-7-4-3-6-25(21)26)27(41)20-14-22(28(30,31)32)17-23(15-20)29(33,34)35/h3-8,14-15,17-18,24,36-37H,9-13,16,19H2,1-2H3/t24-/m1/s1. The normalized spacial score (nSPS) is 17.1. The summed E-state index contributed by atoms with van der Waals surface area (Å²) in [5, 5.41) is 0.930. The highest BCUT2D eigenvalue weighted by atomic mass is 19.4. The van der Waals surface area contributed by atoms with E-state index in [0.717, 1.165) is 23.0 Å². The van der Waals surface area contributed by atoms with Crippen molar-refractivity contribution in [2.45, 2.75) is 24.8 Å². The topological polar surface area (TPSA) is 63.8 Å². The molecule has 1 aromatic heterocycles. The lowest BCUT2D eigenvalue weighted by atomic mass is 9.98. The molecule has 228 valence electrons.